The van der Waals surface area contributed by atoms with Crippen molar-refractivity contribution in [2.24, 2.45) is 5.41 Å². The molecule has 3 heterocycles. The Bertz CT molecular complexity index is 1380. The summed E-state index contributed by atoms with van der Waals surface area (Å²) in [5.41, 5.74) is 1.80. The molecule has 10 nitrogen and oxygen atoms in total. The van der Waals surface area contributed by atoms with E-state index in [1.165, 1.54) is 12.8 Å². The molecule has 5 saturated carbocycles. The summed E-state index contributed by atoms with van der Waals surface area (Å²) in [4.78, 5) is 27.5. The quantitative estimate of drug-likeness (QED) is 0.387. The maximum atomic E-state index is 14.1. The lowest BCUT2D eigenvalue weighted by Crippen LogP contribution is -2.54. The van der Waals surface area contributed by atoms with Gasteiger partial charge in [-0.2, -0.15) is 9.97 Å². The third-order valence-corrected chi connectivity index (χ3v) is 10.0. The molecule has 0 radical (unpaired) electrons. The van der Waals surface area contributed by atoms with Crippen LogP contribution in [0.25, 0.3) is 11.5 Å². The fraction of sp³-hybridized carbons (Fsp3) is 0.633. The van der Waals surface area contributed by atoms with Gasteiger partial charge in [-0.3, -0.25) is 4.90 Å². The highest BCUT2D eigenvalue weighted by Crippen LogP contribution is 2.58. The Balaban J connectivity index is 1.06. The van der Waals surface area contributed by atoms with E-state index in [0.29, 0.717) is 50.6 Å². The molecule has 40 heavy (non-hydrogen) atoms. The molecule has 2 bridgehead atoms. The molecule has 0 atom stereocenters. The second-order valence-corrected chi connectivity index (χ2v) is 12.8. The number of ether oxygens (including phenoxy) is 1. The number of benzene rings is 1. The lowest BCUT2D eigenvalue weighted by molar-refractivity contribution is 0.0261. The van der Waals surface area contributed by atoms with Gasteiger partial charge in [-0.15, -0.1) is 0 Å². The first-order chi connectivity index (χ1) is 19.6. The van der Waals surface area contributed by atoms with Crippen LogP contribution in [-0.2, 0) is 10.2 Å². The summed E-state index contributed by atoms with van der Waals surface area (Å²) < 4.78 is 17.0. The van der Waals surface area contributed by atoms with Gasteiger partial charge < -0.3 is 18.7 Å². The zero-order valence-corrected chi connectivity index (χ0v) is 22.9. The maximum Gasteiger partial charge on any atom is 0.324 e. The van der Waals surface area contributed by atoms with Gasteiger partial charge in [0.05, 0.1) is 13.2 Å². The normalized spacial score (nSPS) is 28.1. The van der Waals surface area contributed by atoms with Gasteiger partial charge in [0.2, 0.25) is 5.89 Å². The van der Waals surface area contributed by atoms with Crippen LogP contribution in [0.5, 0.6) is 0 Å². The first kappa shape index (κ1) is 24.5. The van der Waals surface area contributed by atoms with Crippen LogP contribution >= 0.6 is 0 Å². The van der Waals surface area contributed by atoms with Gasteiger partial charge in [0, 0.05) is 48.1 Å². The third-order valence-electron chi connectivity index (χ3n) is 10.0. The summed E-state index contributed by atoms with van der Waals surface area (Å²) in [7, 11) is 0. The van der Waals surface area contributed by atoms with Crippen molar-refractivity contribution in [1.82, 2.24) is 25.2 Å². The predicted octanol–water partition coefficient (Wildman–Crippen LogP) is 5.43. The summed E-state index contributed by atoms with van der Waals surface area (Å²) >= 11 is 0. The molecule has 0 N–H and O–H groups in total. The number of hydrogen-bond acceptors (Lipinski definition) is 8. The lowest BCUT2D eigenvalue weighted by Gasteiger charge is -2.53. The van der Waals surface area contributed by atoms with Gasteiger partial charge in [0.25, 0.3) is 5.89 Å². The van der Waals surface area contributed by atoms with Crippen LogP contribution in [0.3, 0.4) is 0 Å². The molecule has 5 aliphatic carbocycles. The summed E-state index contributed by atoms with van der Waals surface area (Å²) in [6.45, 7) is 3.07. The highest BCUT2D eigenvalue weighted by atomic mass is 16.5. The first-order valence-corrected chi connectivity index (χ1v) is 15.0. The smallest absolute Gasteiger partial charge is 0.324 e. The maximum absolute atomic E-state index is 14.1. The number of morpholine rings is 1. The second kappa shape index (κ2) is 9.39. The van der Waals surface area contributed by atoms with Gasteiger partial charge in [-0.05, 0) is 87.8 Å². The lowest BCUT2D eigenvalue weighted by atomic mass is 9.53. The van der Waals surface area contributed by atoms with Gasteiger partial charge in [0.15, 0.2) is 11.6 Å². The topological polar surface area (TPSA) is 111 Å². The fourth-order valence-electron chi connectivity index (χ4n) is 6.98. The molecule has 2 amide bonds. The molecule has 0 unspecified atom stereocenters. The third kappa shape index (κ3) is 4.40. The number of rotatable bonds is 7. The van der Waals surface area contributed by atoms with Crippen molar-refractivity contribution in [2.75, 3.05) is 37.7 Å². The Morgan fingerprint density at radius 2 is 1.57 bits per heavy atom. The van der Waals surface area contributed by atoms with Crippen molar-refractivity contribution in [1.29, 1.82) is 0 Å². The summed E-state index contributed by atoms with van der Waals surface area (Å²) in [6, 6.07) is 8.09. The van der Waals surface area contributed by atoms with Gasteiger partial charge in [-0.25, -0.2) is 4.79 Å². The molecule has 10 heteroatoms. The number of hydrogen-bond donors (Lipinski definition) is 0. The predicted molar refractivity (Wildman–Crippen MR) is 145 cm³/mol. The molecular formula is C30H36N6O4. The Hall–Kier alpha value is -3.27. The first-order valence-electron chi connectivity index (χ1n) is 15.0. The zero-order chi connectivity index (χ0) is 26.7. The van der Waals surface area contributed by atoms with E-state index >= 15 is 0 Å². The molecule has 1 aliphatic heterocycles. The number of carbonyl (C=O) groups excluding carboxylic acids is 1. The van der Waals surface area contributed by atoms with E-state index < -0.39 is 0 Å². The minimum absolute atomic E-state index is 0.00191. The largest absolute Gasteiger partial charge is 0.378 e. The monoisotopic (exact) mass is 544 g/mol. The molecule has 210 valence electrons. The fourth-order valence-corrected chi connectivity index (χ4v) is 6.98. The summed E-state index contributed by atoms with van der Waals surface area (Å²) in [5.74, 6) is 3.99. The average molecular weight is 545 g/mol. The molecule has 9 rings (SSSR count). The van der Waals surface area contributed by atoms with E-state index in [9.17, 15) is 4.79 Å². The molecule has 6 fully saturated rings. The summed E-state index contributed by atoms with van der Waals surface area (Å²) in [6.07, 6.45) is 10.9. The zero-order valence-electron chi connectivity index (χ0n) is 22.9. The van der Waals surface area contributed by atoms with Crippen LogP contribution in [-0.4, -0.2) is 64.1 Å². The number of urea groups is 1. The number of amides is 2. The second-order valence-electron chi connectivity index (χ2n) is 12.8. The highest BCUT2D eigenvalue weighted by Gasteiger charge is 2.53. The Morgan fingerprint density at radius 3 is 2.27 bits per heavy atom. The molecular weight excluding hydrogens is 508 g/mol. The van der Waals surface area contributed by atoms with Crippen LogP contribution in [0.2, 0.25) is 0 Å². The van der Waals surface area contributed by atoms with Crippen LogP contribution < -0.4 is 4.90 Å². The van der Waals surface area contributed by atoms with E-state index in [0.717, 1.165) is 80.2 Å². The molecule has 6 aliphatic rings. The van der Waals surface area contributed by atoms with Crippen molar-refractivity contribution in [3.63, 3.8) is 0 Å². The SMILES string of the molecule is O=C(N1CCOCC1)N(CC12CCC(c3nc(C4CC4)no3)(CC1)CC2)c1cccc(-c2nc(C3CC3)no2)c1. The van der Waals surface area contributed by atoms with Crippen molar-refractivity contribution < 1.29 is 18.6 Å². The van der Waals surface area contributed by atoms with E-state index in [2.05, 4.69) is 15.3 Å². The average Bonchev–Trinajstić information content (AvgIpc) is 3.95. The standard InChI is InChI=1S/C30H36N6O4/c37-28(35-14-16-38-17-15-35)36(23-3-1-2-22(18-23)26-31-24(33-39-26)20-4-5-20)19-29-8-11-30(12-9-29,13-10-29)27-32-25(34-40-27)21-6-7-21/h1-3,18,20-21H,4-17,19H2. The number of anilines is 1. The Morgan fingerprint density at radius 1 is 0.900 bits per heavy atom. The van der Waals surface area contributed by atoms with Crippen molar-refractivity contribution >= 4 is 11.7 Å². The van der Waals surface area contributed by atoms with E-state index in [-0.39, 0.29) is 16.9 Å². The van der Waals surface area contributed by atoms with E-state index in [4.69, 9.17) is 18.8 Å². The molecule has 0 spiro atoms. The van der Waals surface area contributed by atoms with Crippen LogP contribution in [0.1, 0.15) is 93.6 Å². The molecule has 2 aromatic heterocycles. The minimum Gasteiger partial charge on any atom is -0.378 e. The highest BCUT2D eigenvalue weighted by molar-refractivity contribution is 5.93. The Labute approximate surface area is 233 Å². The van der Waals surface area contributed by atoms with E-state index in [1.807, 2.05) is 34.1 Å². The van der Waals surface area contributed by atoms with Crippen molar-refractivity contribution in [3.8, 4) is 11.5 Å². The van der Waals surface area contributed by atoms with Crippen LogP contribution in [0, 0.1) is 5.41 Å². The number of carbonyl (C=O) groups is 1. The van der Waals surface area contributed by atoms with Gasteiger partial charge in [0.1, 0.15) is 0 Å². The van der Waals surface area contributed by atoms with Crippen molar-refractivity contribution in [2.45, 2.75) is 81.5 Å². The van der Waals surface area contributed by atoms with Crippen molar-refractivity contribution in [3.05, 3.63) is 41.8 Å². The Kier molecular flexibility index (Phi) is 5.76. The van der Waals surface area contributed by atoms with Crippen LogP contribution in [0.15, 0.2) is 33.3 Å². The number of aromatic nitrogens is 4. The van der Waals surface area contributed by atoms with Crippen LogP contribution in [0.4, 0.5) is 10.5 Å². The number of nitrogens with zero attached hydrogens (tertiary/aromatic N) is 6. The van der Waals surface area contributed by atoms with Gasteiger partial charge >= 0.3 is 6.03 Å². The molecule has 1 saturated heterocycles. The number of fused-ring (bicyclic) bond motifs is 3. The van der Waals surface area contributed by atoms with E-state index in [1.54, 1.807) is 0 Å². The van der Waals surface area contributed by atoms with Gasteiger partial charge in [-0.1, -0.05) is 16.4 Å². The molecule has 3 aromatic rings. The minimum atomic E-state index is -0.00191. The molecule has 1 aromatic carbocycles. The summed E-state index contributed by atoms with van der Waals surface area (Å²) in [5, 5.41) is 8.52.